The number of benzene rings is 9. The van der Waals surface area contributed by atoms with Crippen LogP contribution in [0, 0.1) is 0 Å². The van der Waals surface area contributed by atoms with E-state index in [0.29, 0.717) is 0 Å². The van der Waals surface area contributed by atoms with Gasteiger partial charge in [-0.1, -0.05) is 200 Å². The van der Waals surface area contributed by atoms with Crippen molar-refractivity contribution in [1.82, 2.24) is 4.57 Å². The van der Waals surface area contributed by atoms with Gasteiger partial charge in [-0.05, 0) is 56.1 Å². The molecule has 11 aromatic rings. The van der Waals surface area contributed by atoms with Crippen LogP contribution >= 0.6 is 0 Å². The van der Waals surface area contributed by atoms with E-state index in [1.165, 1.54) is 53.8 Å². The summed E-state index contributed by atoms with van der Waals surface area (Å²) in [6.07, 6.45) is 0. The van der Waals surface area contributed by atoms with Gasteiger partial charge in [0.2, 0.25) is 0 Å². The van der Waals surface area contributed by atoms with Crippen molar-refractivity contribution in [3.8, 4) is 27.9 Å². The normalized spacial score (nSPS) is 11.9. The first-order valence-electron chi connectivity index (χ1n) is 19.6. The molecule has 2 heterocycles. The van der Waals surface area contributed by atoms with Gasteiger partial charge in [0.1, 0.15) is 11.2 Å². The first-order chi connectivity index (χ1) is 28.3. The van der Waals surface area contributed by atoms with Gasteiger partial charge in [-0.3, -0.25) is 0 Å². The quantitative estimate of drug-likeness (QED) is 0.117. The maximum atomic E-state index is 6.58. The number of hydrogen-bond acceptors (Lipinski definition) is 1. The zero-order chi connectivity index (χ0) is 37.8. The molecule has 0 aliphatic rings. The lowest BCUT2D eigenvalue weighted by Crippen LogP contribution is -2.74. The zero-order valence-corrected chi connectivity index (χ0v) is 32.2. The molecule has 0 bridgehead atoms. The summed E-state index contributed by atoms with van der Waals surface area (Å²) in [6, 6.07) is 82.4. The molecule has 11 rings (SSSR count). The highest BCUT2D eigenvalue weighted by Crippen LogP contribution is 2.45. The van der Waals surface area contributed by atoms with E-state index in [0.717, 1.165) is 38.7 Å². The number of fused-ring (bicyclic) bond motifs is 7. The maximum Gasteiger partial charge on any atom is 0.179 e. The molecule has 0 aliphatic carbocycles. The fourth-order valence-corrected chi connectivity index (χ4v) is 14.1. The lowest BCUT2D eigenvalue weighted by Gasteiger charge is -2.36. The fourth-order valence-electron chi connectivity index (χ4n) is 9.33. The van der Waals surface area contributed by atoms with Gasteiger partial charge in [-0.15, -0.1) is 0 Å². The average Bonchev–Trinajstić information content (AvgIpc) is 3.84. The summed E-state index contributed by atoms with van der Waals surface area (Å²) in [5.41, 5.74) is 9.93. The minimum atomic E-state index is -2.94. The summed E-state index contributed by atoms with van der Waals surface area (Å²) >= 11 is 0. The summed E-state index contributed by atoms with van der Waals surface area (Å²) in [5.74, 6) is 0. The summed E-state index contributed by atoms with van der Waals surface area (Å²) in [7, 11) is -2.94. The highest BCUT2D eigenvalue weighted by molar-refractivity contribution is 7.20. The van der Waals surface area contributed by atoms with Crippen molar-refractivity contribution >= 4 is 72.6 Å². The van der Waals surface area contributed by atoms with Crippen LogP contribution in [0.2, 0.25) is 0 Å². The third-order valence-electron chi connectivity index (χ3n) is 11.7. The van der Waals surface area contributed by atoms with Crippen molar-refractivity contribution < 1.29 is 4.42 Å². The topological polar surface area (TPSA) is 18.1 Å². The SMILES string of the molecule is c1ccc(-c2cc([Si](c3ccccc3)(c3ccccc3)c3ccccc3)cc(-c3ccccc3)c2-n2c3ccccc3c3ccc4oc5ccccc5c4c32)cc1. The third kappa shape index (κ3) is 5.17. The van der Waals surface area contributed by atoms with Crippen molar-refractivity contribution in [3.63, 3.8) is 0 Å². The molecule has 0 unspecified atom stereocenters. The van der Waals surface area contributed by atoms with Crippen molar-refractivity contribution in [2.45, 2.75) is 0 Å². The Balaban J connectivity index is 1.38. The largest absolute Gasteiger partial charge is 0.456 e. The molecule has 9 aromatic carbocycles. The number of aromatic nitrogens is 1. The second-order valence-corrected chi connectivity index (χ2v) is 18.6. The zero-order valence-electron chi connectivity index (χ0n) is 31.2. The molecule has 0 fully saturated rings. The minimum Gasteiger partial charge on any atom is -0.456 e. The molecule has 0 saturated heterocycles. The first kappa shape index (κ1) is 33.2. The van der Waals surface area contributed by atoms with Gasteiger partial charge in [0.15, 0.2) is 8.07 Å². The predicted molar refractivity (Wildman–Crippen MR) is 243 cm³/mol. The van der Waals surface area contributed by atoms with E-state index < -0.39 is 8.07 Å². The number of hydrogen-bond donors (Lipinski definition) is 0. The van der Waals surface area contributed by atoms with Crippen LogP contribution in [-0.4, -0.2) is 12.6 Å². The Morgan fingerprint density at radius 2 is 0.807 bits per heavy atom. The predicted octanol–water partition coefficient (Wildman–Crippen LogP) is 11.4. The molecule has 57 heavy (non-hydrogen) atoms. The van der Waals surface area contributed by atoms with Crippen LogP contribution in [0.3, 0.4) is 0 Å². The summed E-state index contributed by atoms with van der Waals surface area (Å²) in [4.78, 5) is 0. The first-order valence-corrected chi connectivity index (χ1v) is 21.6. The summed E-state index contributed by atoms with van der Waals surface area (Å²) in [5, 5.41) is 10.0. The van der Waals surface area contributed by atoms with Crippen molar-refractivity contribution in [2.24, 2.45) is 0 Å². The number of rotatable bonds is 7. The lowest BCUT2D eigenvalue weighted by atomic mass is 9.95. The summed E-state index contributed by atoms with van der Waals surface area (Å²) in [6.45, 7) is 0. The highest BCUT2D eigenvalue weighted by atomic mass is 28.3. The number of furan rings is 1. The Kier molecular flexibility index (Phi) is 7.87. The number of nitrogens with zero attached hydrogens (tertiary/aromatic N) is 1. The fraction of sp³-hybridized carbons (Fsp3) is 0. The molecule has 0 N–H and O–H groups in total. The van der Waals surface area contributed by atoms with E-state index in [2.05, 4.69) is 229 Å². The smallest absolute Gasteiger partial charge is 0.179 e. The van der Waals surface area contributed by atoms with Crippen LogP contribution in [0.5, 0.6) is 0 Å². The third-order valence-corrected chi connectivity index (χ3v) is 16.5. The monoisotopic (exact) mass is 743 g/mol. The Bertz CT molecular complexity index is 3050. The molecule has 0 saturated carbocycles. The van der Waals surface area contributed by atoms with Gasteiger partial charge in [0.25, 0.3) is 0 Å². The van der Waals surface area contributed by atoms with E-state index in [1.54, 1.807) is 0 Å². The van der Waals surface area contributed by atoms with Crippen LogP contribution in [-0.2, 0) is 0 Å². The van der Waals surface area contributed by atoms with E-state index in [1.807, 2.05) is 0 Å². The molecular weight excluding hydrogens is 707 g/mol. The Morgan fingerprint density at radius 1 is 0.351 bits per heavy atom. The van der Waals surface area contributed by atoms with Gasteiger partial charge in [-0.2, -0.15) is 0 Å². The molecule has 0 aliphatic heterocycles. The van der Waals surface area contributed by atoms with Crippen LogP contribution in [0.4, 0.5) is 0 Å². The van der Waals surface area contributed by atoms with E-state index in [-0.39, 0.29) is 0 Å². The van der Waals surface area contributed by atoms with Crippen molar-refractivity contribution in [1.29, 1.82) is 0 Å². The van der Waals surface area contributed by atoms with Gasteiger partial charge >= 0.3 is 0 Å². The van der Waals surface area contributed by atoms with Gasteiger partial charge < -0.3 is 8.98 Å². The average molecular weight is 744 g/mol. The molecule has 268 valence electrons. The van der Waals surface area contributed by atoms with Crippen LogP contribution in [0.15, 0.2) is 229 Å². The Hall–Kier alpha value is -7.20. The molecule has 0 radical (unpaired) electrons. The molecule has 2 aromatic heterocycles. The molecule has 3 heteroatoms. The molecule has 0 spiro atoms. The number of para-hydroxylation sites is 2. The van der Waals surface area contributed by atoms with Gasteiger partial charge in [-0.25, -0.2) is 0 Å². The van der Waals surface area contributed by atoms with Gasteiger partial charge in [0.05, 0.1) is 22.1 Å². The van der Waals surface area contributed by atoms with E-state index in [9.17, 15) is 0 Å². The second-order valence-electron chi connectivity index (χ2n) is 14.8. The van der Waals surface area contributed by atoms with Crippen molar-refractivity contribution in [2.75, 3.05) is 0 Å². The summed E-state index contributed by atoms with van der Waals surface area (Å²) < 4.78 is 9.12. The van der Waals surface area contributed by atoms with Gasteiger partial charge in [0, 0.05) is 27.3 Å². The second kappa shape index (κ2) is 13.5. The Labute approximate surface area is 332 Å². The van der Waals surface area contributed by atoms with E-state index >= 15 is 0 Å². The molecule has 2 nitrogen and oxygen atoms in total. The molecular formula is C54H37NOSi. The van der Waals surface area contributed by atoms with Crippen molar-refractivity contribution in [3.05, 3.63) is 224 Å². The highest BCUT2D eigenvalue weighted by Gasteiger charge is 2.42. The Morgan fingerprint density at radius 3 is 1.35 bits per heavy atom. The van der Waals surface area contributed by atoms with Crippen LogP contribution < -0.4 is 20.7 Å². The molecule has 0 atom stereocenters. The minimum absolute atomic E-state index is 0.885. The standard InChI is InChI=1S/C54H37NOSi/c1-6-20-38(21-7-1)47-36-43(57(40-24-10-3-11-25-40,41-26-12-4-13-27-41)42-28-14-5-15-29-42)37-48(39-22-8-2-9-23-39)53(47)55-49-32-18-16-30-44(49)45-34-35-51-52(54(45)55)46-31-17-19-33-50(46)56-51/h1-37H. The van der Waals surface area contributed by atoms with E-state index in [4.69, 9.17) is 4.42 Å². The lowest BCUT2D eigenvalue weighted by molar-refractivity contribution is 0.669. The van der Waals surface area contributed by atoms with Crippen LogP contribution in [0.1, 0.15) is 0 Å². The maximum absolute atomic E-state index is 6.58. The molecule has 0 amide bonds. The van der Waals surface area contributed by atoms with Crippen LogP contribution in [0.25, 0.3) is 71.7 Å².